The van der Waals surface area contributed by atoms with Gasteiger partial charge in [-0.05, 0) is 42.2 Å². The first-order valence-electron chi connectivity index (χ1n) is 6.94. The lowest BCUT2D eigenvalue weighted by Crippen LogP contribution is -2.17. The average molecular weight is 308 g/mol. The monoisotopic (exact) mass is 307 g/mol. The summed E-state index contributed by atoms with van der Waals surface area (Å²) in [7, 11) is 0. The van der Waals surface area contributed by atoms with E-state index in [0.717, 1.165) is 11.6 Å². The van der Waals surface area contributed by atoms with Gasteiger partial charge in [0.1, 0.15) is 0 Å². The first-order valence-corrected chi connectivity index (χ1v) is 8.14. The van der Waals surface area contributed by atoms with Crippen LogP contribution in [0.25, 0.3) is 0 Å². The predicted octanol–water partition coefficient (Wildman–Crippen LogP) is 5.55. The van der Waals surface area contributed by atoms with Gasteiger partial charge in [-0.15, -0.1) is 11.3 Å². The molecule has 1 aromatic heterocycles. The summed E-state index contributed by atoms with van der Waals surface area (Å²) in [5, 5.41) is 4.35. The SMILES string of the molecule is C[C@H](NCc1ccc(C(C)(C)C)s1)c1cccc(Cl)c1. The van der Waals surface area contributed by atoms with Gasteiger partial charge in [-0.25, -0.2) is 0 Å². The van der Waals surface area contributed by atoms with Crippen LogP contribution in [0.5, 0.6) is 0 Å². The van der Waals surface area contributed by atoms with Gasteiger partial charge >= 0.3 is 0 Å². The normalized spacial score (nSPS) is 13.4. The highest BCUT2D eigenvalue weighted by Gasteiger charge is 2.16. The molecule has 0 radical (unpaired) electrons. The molecule has 2 rings (SSSR count). The van der Waals surface area contributed by atoms with Crippen molar-refractivity contribution in [2.24, 2.45) is 0 Å². The smallest absolute Gasteiger partial charge is 0.0409 e. The van der Waals surface area contributed by atoms with Crippen LogP contribution in [-0.4, -0.2) is 0 Å². The molecule has 108 valence electrons. The van der Waals surface area contributed by atoms with E-state index in [2.05, 4.69) is 51.2 Å². The zero-order valence-corrected chi connectivity index (χ0v) is 14.1. The van der Waals surface area contributed by atoms with Crippen molar-refractivity contribution in [1.82, 2.24) is 5.32 Å². The Morgan fingerprint density at radius 1 is 1.20 bits per heavy atom. The minimum atomic E-state index is 0.238. The van der Waals surface area contributed by atoms with Gasteiger partial charge in [-0.1, -0.05) is 44.5 Å². The van der Waals surface area contributed by atoms with E-state index in [0.29, 0.717) is 6.04 Å². The van der Waals surface area contributed by atoms with E-state index in [4.69, 9.17) is 11.6 Å². The van der Waals surface area contributed by atoms with Crippen LogP contribution >= 0.6 is 22.9 Å². The largest absolute Gasteiger partial charge is 0.305 e. The standard InChI is InChI=1S/C17H22ClNS/c1-12(13-6-5-7-14(18)10-13)19-11-15-8-9-16(20-15)17(2,3)4/h5-10,12,19H,11H2,1-4H3/t12-/m0/s1. The molecule has 1 N–H and O–H groups in total. The number of rotatable bonds is 4. The van der Waals surface area contributed by atoms with E-state index in [1.54, 1.807) is 0 Å². The van der Waals surface area contributed by atoms with E-state index in [1.165, 1.54) is 15.3 Å². The molecule has 0 unspecified atom stereocenters. The molecule has 0 spiro atoms. The summed E-state index contributed by atoms with van der Waals surface area (Å²) in [5.74, 6) is 0. The van der Waals surface area contributed by atoms with Crippen LogP contribution in [-0.2, 0) is 12.0 Å². The van der Waals surface area contributed by atoms with Gasteiger partial charge in [-0.3, -0.25) is 0 Å². The number of hydrogen-bond acceptors (Lipinski definition) is 2. The number of nitrogens with one attached hydrogen (secondary N) is 1. The van der Waals surface area contributed by atoms with Gasteiger partial charge in [0, 0.05) is 27.4 Å². The third-order valence-electron chi connectivity index (χ3n) is 3.33. The highest BCUT2D eigenvalue weighted by molar-refractivity contribution is 7.12. The van der Waals surface area contributed by atoms with Crippen molar-refractivity contribution in [3.63, 3.8) is 0 Å². The minimum Gasteiger partial charge on any atom is -0.305 e. The molecule has 0 aliphatic heterocycles. The molecular formula is C17H22ClNS. The number of benzene rings is 1. The van der Waals surface area contributed by atoms with Gasteiger partial charge in [0.2, 0.25) is 0 Å². The van der Waals surface area contributed by atoms with Crippen molar-refractivity contribution in [3.05, 3.63) is 56.7 Å². The summed E-state index contributed by atoms with van der Waals surface area (Å²) in [4.78, 5) is 2.81. The second kappa shape index (κ2) is 6.30. The first-order chi connectivity index (χ1) is 9.36. The molecule has 0 saturated heterocycles. The molecule has 20 heavy (non-hydrogen) atoms. The Morgan fingerprint density at radius 2 is 1.95 bits per heavy atom. The lowest BCUT2D eigenvalue weighted by atomic mass is 9.95. The van der Waals surface area contributed by atoms with Crippen molar-refractivity contribution in [2.75, 3.05) is 0 Å². The molecule has 0 bridgehead atoms. The molecule has 2 aromatic rings. The Labute approximate surface area is 131 Å². The highest BCUT2D eigenvalue weighted by Crippen LogP contribution is 2.29. The van der Waals surface area contributed by atoms with E-state index in [9.17, 15) is 0 Å². The Morgan fingerprint density at radius 3 is 2.55 bits per heavy atom. The molecule has 0 aliphatic rings. The first kappa shape index (κ1) is 15.6. The number of halogens is 1. The molecule has 1 aromatic carbocycles. The van der Waals surface area contributed by atoms with Crippen molar-refractivity contribution >= 4 is 22.9 Å². The van der Waals surface area contributed by atoms with Crippen LogP contribution in [0, 0.1) is 0 Å². The molecular weight excluding hydrogens is 286 g/mol. The third kappa shape index (κ3) is 4.08. The zero-order valence-electron chi connectivity index (χ0n) is 12.5. The molecule has 0 fully saturated rings. The van der Waals surface area contributed by atoms with Crippen molar-refractivity contribution in [2.45, 2.75) is 45.7 Å². The Balaban J connectivity index is 1.97. The topological polar surface area (TPSA) is 12.0 Å². The maximum absolute atomic E-state index is 6.03. The number of hydrogen-bond donors (Lipinski definition) is 1. The summed E-state index contributed by atoms with van der Waals surface area (Å²) < 4.78 is 0. The molecule has 1 heterocycles. The second-order valence-electron chi connectivity index (χ2n) is 6.17. The molecule has 0 aliphatic carbocycles. The average Bonchev–Trinajstić information content (AvgIpc) is 2.84. The van der Waals surface area contributed by atoms with Gasteiger partial charge < -0.3 is 5.32 Å². The van der Waals surface area contributed by atoms with E-state index in [-0.39, 0.29) is 5.41 Å². The van der Waals surface area contributed by atoms with Gasteiger partial charge in [0.25, 0.3) is 0 Å². The molecule has 0 saturated carbocycles. The van der Waals surface area contributed by atoms with Crippen LogP contribution in [0.2, 0.25) is 5.02 Å². The summed E-state index contributed by atoms with van der Waals surface area (Å²) in [6.07, 6.45) is 0. The highest BCUT2D eigenvalue weighted by atomic mass is 35.5. The minimum absolute atomic E-state index is 0.238. The Bertz CT molecular complexity index is 568. The van der Waals surface area contributed by atoms with E-state index < -0.39 is 0 Å². The fourth-order valence-corrected chi connectivity index (χ4v) is 3.24. The van der Waals surface area contributed by atoms with Gasteiger partial charge in [0.05, 0.1) is 0 Å². The Hall–Kier alpha value is -0.830. The molecule has 3 heteroatoms. The second-order valence-corrected chi connectivity index (χ2v) is 7.78. The van der Waals surface area contributed by atoms with Gasteiger partial charge in [-0.2, -0.15) is 0 Å². The van der Waals surface area contributed by atoms with Crippen molar-refractivity contribution < 1.29 is 0 Å². The molecule has 0 amide bonds. The summed E-state index contributed by atoms with van der Waals surface area (Å²) >= 11 is 7.93. The van der Waals surface area contributed by atoms with Crippen LogP contribution in [0.15, 0.2) is 36.4 Å². The van der Waals surface area contributed by atoms with Crippen LogP contribution in [0.3, 0.4) is 0 Å². The van der Waals surface area contributed by atoms with E-state index in [1.807, 2.05) is 29.5 Å². The van der Waals surface area contributed by atoms with Crippen LogP contribution in [0.1, 0.15) is 49.1 Å². The lowest BCUT2D eigenvalue weighted by molar-refractivity contribution is 0.579. The predicted molar refractivity (Wildman–Crippen MR) is 89.7 cm³/mol. The van der Waals surface area contributed by atoms with Crippen molar-refractivity contribution in [1.29, 1.82) is 0 Å². The van der Waals surface area contributed by atoms with Crippen LogP contribution < -0.4 is 5.32 Å². The maximum atomic E-state index is 6.03. The van der Waals surface area contributed by atoms with Crippen LogP contribution in [0.4, 0.5) is 0 Å². The fraction of sp³-hybridized carbons (Fsp3) is 0.412. The molecule has 1 atom stereocenters. The summed E-state index contributed by atoms with van der Waals surface area (Å²) in [5.41, 5.74) is 1.46. The number of thiophene rings is 1. The summed E-state index contributed by atoms with van der Waals surface area (Å²) in [6, 6.07) is 12.8. The quantitative estimate of drug-likeness (QED) is 0.781. The molecule has 1 nitrogen and oxygen atoms in total. The summed E-state index contributed by atoms with van der Waals surface area (Å²) in [6.45, 7) is 9.83. The van der Waals surface area contributed by atoms with E-state index >= 15 is 0 Å². The van der Waals surface area contributed by atoms with Crippen molar-refractivity contribution in [3.8, 4) is 0 Å². The maximum Gasteiger partial charge on any atom is 0.0409 e. The fourth-order valence-electron chi connectivity index (χ4n) is 2.02. The third-order valence-corrected chi connectivity index (χ3v) is 5.08. The zero-order chi connectivity index (χ0) is 14.8. The Kier molecular flexibility index (Phi) is 4.90. The van der Waals surface area contributed by atoms with Gasteiger partial charge in [0.15, 0.2) is 0 Å². The lowest BCUT2D eigenvalue weighted by Gasteiger charge is -2.16.